The number of amides is 1. The van der Waals surface area contributed by atoms with Gasteiger partial charge in [-0.1, -0.05) is 66.7 Å². The monoisotopic (exact) mass is 428 g/mol. The fraction of sp³-hybridized carbons (Fsp3) is 0.296. The third-order valence-electron chi connectivity index (χ3n) is 6.72. The summed E-state index contributed by atoms with van der Waals surface area (Å²) < 4.78 is 6.12. The number of β-amino-alcohol motifs (C(OH)–C–C–N with tert-alkyl or cyclic N) is 1. The highest BCUT2D eigenvalue weighted by Crippen LogP contribution is 2.48. The van der Waals surface area contributed by atoms with Crippen molar-refractivity contribution >= 4 is 5.91 Å². The van der Waals surface area contributed by atoms with Crippen molar-refractivity contribution in [1.29, 1.82) is 0 Å². The van der Waals surface area contributed by atoms with Gasteiger partial charge in [-0.2, -0.15) is 0 Å². The predicted octanol–water partition coefficient (Wildman–Crippen LogP) is 4.02. The molecule has 1 amide bonds. The minimum atomic E-state index is -0.886. The van der Waals surface area contributed by atoms with E-state index >= 15 is 0 Å². The van der Waals surface area contributed by atoms with E-state index in [-0.39, 0.29) is 18.1 Å². The highest BCUT2D eigenvalue weighted by atomic mass is 16.5. The second-order valence-electron chi connectivity index (χ2n) is 8.86. The topological polar surface area (TPSA) is 61.8 Å². The number of para-hydroxylation sites is 2. The van der Waals surface area contributed by atoms with E-state index in [1.165, 1.54) is 0 Å². The summed E-state index contributed by atoms with van der Waals surface area (Å²) in [5.74, 6) is 1.36. The van der Waals surface area contributed by atoms with Crippen molar-refractivity contribution in [1.82, 2.24) is 10.2 Å². The second kappa shape index (κ2) is 8.41. The van der Waals surface area contributed by atoms with Crippen LogP contribution in [0, 0.1) is 0 Å². The molecule has 0 saturated carbocycles. The molecule has 2 N–H and O–H groups in total. The van der Waals surface area contributed by atoms with Crippen molar-refractivity contribution in [2.24, 2.45) is 0 Å². The minimum absolute atomic E-state index is 0.0608. The molecule has 1 fully saturated rings. The molecule has 3 aromatic carbocycles. The van der Waals surface area contributed by atoms with Gasteiger partial charge in [-0.25, -0.2) is 0 Å². The first-order chi connectivity index (χ1) is 15.6. The SMILES string of the molecule is CC1(C(=O)N[C@H](CN2CCC(O)C2)c2ccccc2)c2ccccc2Oc2ccccc21. The number of ether oxygens (including phenoxy) is 1. The highest BCUT2D eigenvalue weighted by Gasteiger charge is 2.45. The maximum atomic E-state index is 14.0. The van der Waals surface area contributed by atoms with Crippen LogP contribution in [0.4, 0.5) is 0 Å². The summed E-state index contributed by atoms with van der Waals surface area (Å²) in [6.45, 7) is 4.10. The zero-order valence-electron chi connectivity index (χ0n) is 18.2. The van der Waals surface area contributed by atoms with Crippen molar-refractivity contribution in [2.75, 3.05) is 19.6 Å². The maximum Gasteiger partial charge on any atom is 0.235 e. The number of fused-ring (bicyclic) bond motifs is 2. The zero-order valence-corrected chi connectivity index (χ0v) is 18.2. The van der Waals surface area contributed by atoms with Gasteiger partial charge in [0.2, 0.25) is 5.91 Å². The molecule has 0 aromatic heterocycles. The average molecular weight is 429 g/mol. The van der Waals surface area contributed by atoms with Crippen LogP contribution in [0.3, 0.4) is 0 Å². The van der Waals surface area contributed by atoms with Crippen LogP contribution in [0.2, 0.25) is 0 Å². The van der Waals surface area contributed by atoms with Crippen molar-refractivity contribution in [2.45, 2.75) is 30.9 Å². The molecule has 1 saturated heterocycles. The number of aliphatic hydroxyl groups excluding tert-OH is 1. The maximum absolute atomic E-state index is 14.0. The third kappa shape index (κ3) is 3.68. The number of nitrogens with one attached hydrogen (secondary N) is 1. The Morgan fingerprint density at radius 1 is 1.03 bits per heavy atom. The molecule has 3 aromatic rings. The fourth-order valence-electron chi connectivity index (χ4n) is 4.90. The van der Waals surface area contributed by atoms with Gasteiger partial charge >= 0.3 is 0 Å². The van der Waals surface area contributed by atoms with Gasteiger partial charge in [0, 0.05) is 30.8 Å². The first kappa shape index (κ1) is 20.7. The van der Waals surface area contributed by atoms with Gasteiger partial charge in [0.15, 0.2) is 0 Å². The van der Waals surface area contributed by atoms with Crippen molar-refractivity contribution in [3.8, 4) is 11.5 Å². The van der Waals surface area contributed by atoms with E-state index in [4.69, 9.17) is 4.74 Å². The minimum Gasteiger partial charge on any atom is -0.457 e. The molecule has 5 heteroatoms. The normalized spacial score (nSPS) is 20.0. The highest BCUT2D eigenvalue weighted by molar-refractivity contribution is 5.94. The average Bonchev–Trinajstić information content (AvgIpc) is 3.24. The molecule has 5 nitrogen and oxygen atoms in total. The fourth-order valence-corrected chi connectivity index (χ4v) is 4.90. The molecule has 2 aliphatic heterocycles. The van der Waals surface area contributed by atoms with Gasteiger partial charge < -0.3 is 15.2 Å². The van der Waals surface area contributed by atoms with Crippen LogP contribution in [0.25, 0.3) is 0 Å². The van der Waals surface area contributed by atoms with Crippen LogP contribution in [-0.2, 0) is 10.2 Å². The van der Waals surface area contributed by atoms with E-state index in [1.54, 1.807) is 0 Å². The van der Waals surface area contributed by atoms with Crippen molar-refractivity contribution in [3.63, 3.8) is 0 Å². The van der Waals surface area contributed by atoms with Crippen molar-refractivity contribution in [3.05, 3.63) is 95.6 Å². The van der Waals surface area contributed by atoms with Crippen LogP contribution in [0.1, 0.15) is 36.1 Å². The molecule has 2 atom stereocenters. The predicted molar refractivity (Wildman–Crippen MR) is 124 cm³/mol. The number of hydrogen-bond acceptors (Lipinski definition) is 4. The smallest absolute Gasteiger partial charge is 0.235 e. The van der Waals surface area contributed by atoms with Gasteiger partial charge in [0.25, 0.3) is 0 Å². The lowest BCUT2D eigenvalue weighted by Gasteiger charge is -2.37. The lowest BCUT2D eigenvalue weighted by atomic mass is 9.73. The van der Waals surface area contributed by atoms with Crippen LogP contribution in [0.15, 0.2) is 78.9 Å². The standard InChI is InChI=1S/C27H28N2O3/c1-27(21-11-5-7-13-24(21)32-25-14-8-6-12-22(25)27)26(31)28-23(19-9-3-2-4-10-19)18-29-16-15-20(30)17-29/h2-14,20,23,30H,15-18H2,1H3,(H,28,31)/t20?,23-/m1/s1. The number of benzene rings is 3. The van der Waals surface area contributed by atoms with Gasteiger partial charge in [-0.15, -0.1) is 0 Å². The molecule has 0 radical (unpaired) electrons. The van der Waals surface area contributed by atoms with Gasteiger partial charge in [0.05, 0.1) is 12.1 Å². The largest absolute Gasteiger partial charge is 0.457 e. The quantitative estimate of drug-likeness (QED) is 0.644. The third-order valence-corrected chi connectivity index (χ3v) is 6.72. The summed E-state index contributed by atoms with van der Waals surface area (Å²) in [5, 5.41) is 13.3. The van der Waals surface area contributed by atoms with Crippen LogP contribution in [-0.4, -0.2) is 41.7 Å². The molecule has 32 heavy (non-hydrogen) atoms. The summed E-state index contributed by atoms with van der Waals surface area (Å²) >= 11 is 0. The lowest BCUT2D eigenvalue weighted by molar-refractivity contribution is -0.126. The number of carbonyl (C=O) groups excluding carboxylic acids is 1. The van der Waals surface area contributed by atoms with Gasteiger partial charge in [-0.05, 0) is 31.0 Å². The summed E-state index contributed by atoms with van der Waals surface area (Å²) in [6, 6.07) is 25.4. The summed E-state index contributed by atoms with van der Waals surface area (Å²) in [7, 11) is 0. The zero-order chi connectivity index (χ0) is 22.1. The van der Waals surface area contributed by atoms with E-state index in [0.29, 0.717) is 24.6 Å². The molecule has 2 heterocycles. The molecular formula is C27H28N2O3. The van der Waals surface area contributed by atoms with Gasteiger partial charge in [-0.3, -0.25) is 9.69 Å². The number of likely N-dealkylation sites (tertiary alicyclic amines) is 1. The van der Waals surface area contributed by atoms with Crippen LogP contribution in [0.5, 0.6) is 11.5 Å². The molecule has 0 bridgehead atoms. The van der Waals surface area contributed by atoms with E-state index in [0.717, 1.165) is 29.7 Å². The number of carbonyl (C=O) groups is 1. The van der Waals surface area contributed by atoms with E-state index in [1.807, 2.05) is 85.8 Å². The van der Waals surface area contributed by atoms with Crippen molar-refractivity contribution < 1.29 is 14.6 Å². The van der Waals surface area contributed by atoms with Gasteiger partial charge in [0.1, 0.15) is 16.9 Å². The van der Waals surface area contributed by atoms with Crippen LogP contribution < -0.4 is 10.1 Å². The Bertz CT molecular complexity index is 1070. The summed E-state index contributed by atoms with van der Waals surface area (Å²) in [5.41, 5.74) is 1.89. The lowest BCUT2D eigenvalue weighted by Crippen LogP contribution is -2.48. The Morgan fingerprint density at radius 2 is 1.62 bits per heavy atom. The molecule has 0 aliphatic carbocycles. The van der Waals surface area contributed by atoms with E-state index in [2.05, 4.69) is 10.2 Å². The molecule has 0 spiro atoms. The number of aliphatic hydroxyl groups is 1. The summed E-state index contributed by atoms with van der Waals surface area (Å²) in [6.07, 6.45) is 0.472. The second-order valence-corrected chi connectivity index (χ2v) is 8.86. The first-order valence-electron chi connectivity index (χ1n) is 11.2. The Morgan fingerprint density at radius 3 is 2.22 bits per heavy atom. The Kier molecular flexibility index (Phi) is 5.45. The molecule has 1 unspecified atom stereocenters. The molecule has 164 valence electrons. The number of nitrogens with zero attached hydrogens (tertiary/aromatic N) is 1. The Hall–Kier alpha value is -3.15. The Balaban J connectivity index is 1.51. The molecule has 5 rings (SSSR count). The molecule has 2 aliphatic rings. The van der Waals surface area contributed by atoms with E-state index < -0.39 is 5.41 Å². The van der Waals surface area contributed by atoms with Crippen LogP contribution >= 0.6 is 0 Å². The number of hydrogen-bond donors (Lipinski definition) is 2. The summed E-state index contributed by atoms with van der Waals surface area (Å²) in [4.78, 5) is 16.3. The first-order valence-corrected chi connectivity index (χ1v) is 11.2. The van der Waals surface area contributed by atoms with E-state index in [9.17, 15) is 9.90 Å². The molecular weight excluding hydrogens is 400 g/mol. The number of rotatable bonds is 5. The Labute approximate surface area is 188 Å².